The second kappa shape index (κ2) is 6.80. The molecule has 0 saturated heterocycles. The summed E-state index contributed by atoms with van der Waals surface area (Å²) in [6, 6.07) is 8.45. The van der Waals surface area contributed by atoms with Crippen LogP contribution in [0.5, 0.6) is 0 Å². The highest BCUT2D eigenvalue weighted by Gasteiger charge is 2.39. The fourth-order valence-electron chi connectivity index (χ4n) is 4.38. The number of benzene rings is 1. The summed E-state index contributed by atoms with van der Waals surface area (Å²) in [6.45, 7) is 2.36. The van der Waals surface area contributed by atoms with Gasteiger partial charge in [-0.15, -0.1) is 0 Å². The first-order valence-corrected chi connectivity index (χ1v) is 9.11. The Bertz CT molecular complexity index is 476. The smallest absolute Gasteiger partial charge is 0.0318 e. The molecule has 116 valence electrons. The van der Waals surface area contributed by atoms with E-state index in [-0.39, 0.29) is 6.04 Å². The van der Waals surface area contributed by atoms with E-state index in [1.165, 1.54) is 37.8 Å². The number of rotatable bonds is 6. The van der Waals surface area contributed by atoms with E-state index >= 15 is 0 Å². The van der Waals surface area contributed by atoms with Crippen molar-refractivity contribution in [1.82, 2.24) is 4.90 Å². The van der Waals surface area contributed by atoms with Crippen molar-refractivity contribution in [3.05, 3.63) is 34.3 Å². The van der Waals surface area contributed by atoms with E-state index in [9.17, 15) is 0 Å². The van der Waals surface area contributed by atoms with Crippen molar-refractivity contribution in [2.75, 3.05) is 20.1 Å². The fraction of sp³-hybridized carbons (Fsp3) is 0.667. The van der Waals surface area contributed by atoms with E-state index < -0.39 is 0 Å². The average Bonchev–Trinajstić information content (AvgIpc) is 3.08. The molecule has 2 aliphatic rings. The summed E-state index contributed by atoms with van der Waals surface area (Å²) in [5, 5.41) is 0. The van der Waals surface area contributed by atoms with Crippen LogP contribution in [0, 0.1) is 17.8 Å². The third-order valence-electron chi connectivity index (χ3n) is 5.56. The van der Waals surface area contributed by atoms with Gasteiger partial charge in [-0.25, -0.2) is 0 Å². The Morgan fingerprint density at radius 3 is 2.76 bits per heavy atom. The summed E-state index contributed by atoms with van der Waals surface area (Å²) in [4.78, 5) is 2.50. The van der Waals surface area contributed by atoms with Crippen LogP contribution in [0.1, 0.15) is 43.7 Å². The zero-order valence-corrected chi connectivity index (χ0v) is 14.6. The molecule has 3 heteroatoms. The van der Waals surface area contributed by atoms with Gasteiger partial charge in [-0.1, -0.05) is 40.5 Å². The van der Waals surface area contributed by atoms with Crippen molar-refractivity contribution in [2.24, 2.45) is 23.5 Å². The molecule has 0 heterocycles. The van der Waals surface area contributed by atoms with Crippen molar-refractivity contribution in [3.8, 4) is 0 Å². The molecule has 0 aromatic heterocycles. The van der Waals surface area contributed by atoms with Crippen LogP contribution in [-0.2, 0) is 0 Å². The number of nitrogens with two attached hydrogens (primary N) is 1. The first kappa shape index (κ1) is 15.5. The van der Waals surface area contributed by atoms with Crippen molar-refractivity contribution in [1.29, 1.82) is 0 Å². The van der Waals surface area contributed by atoms with Crippen LogP contribution in [-0.4, -0.2) is 25.0 Å². The molecule has 4 unspecified atom stereocenters. The predicted octanol–water partition coefficient (Wildman–Crippen LogP) is 4.21. The predicted molar refractivity (Wildman–Crippen MR) is 92.1 cm³/mol. The highest BCUT2D eigenvalue weighted by atomic mass is 79.9. The monoisotopic (exact) mass is 350 g/mol. The Kier molecular flexibility index (Phi) is 5.03. The molecule has 0 radical (unpaired) electrons. The molecular formula is C18H27BrN2. The summed E-state index contributed by atoms with van der Waals surface area (Å²) in [6.07, 6.45) is 7.00. The van der Waals surface area contributed by atoms with E-state index in [0.717, 1.165) is 35.2 Å². The van der Waals surface area contributed by atoms with Crippen molar-refractivity contribution >= 4 is 15.9 Å². The molecule has 2 aliphatic carbocycles. The first-order valence-electron chi connectivity index (χ1n) is 8.32. The van der Waals surface area contributed by atoms with E-state index in [4.69, 9.17) is 5.73 Å². The third kappa shape index (κ3) is 3.69. The maximum Gasteiger partial charge on any atom is 0.0318 e. The molecule has 0 aliphatic heterocycles. The van der Waals surface area contributed by atoms with Gasteiger partial charge in [-0.3, -0.25) is 0 Å². The lowest BCUT2D eigenvalue weighted by molar-refractivity contribution is 0.215. The van der Waals surface area contributed by atoms with Crippen LogP contribution in [0.25, 0.3) is 0 Å². The van der Waals surface area contributed by atoms with Gasteiger partial charge in [0.15, 0.2) is 0 Å². The SMILES string of the molecule is CN(CCC(N)c1ccccc1Br)CC1CC2CCC1C2. The Labute approximate surface area is 137 Å². The largest absolute Gasteiger partial charge is 0.324 e. The maximum absolute atomic E-state index is 6.36. The number of hydrogen-bond acceptors (Lipinski definition) is 2. The maximum atomic E-state index is 6.36. The van der Waals surface area contributed by atoms with Crippen LogP contribution in [0.3, 0.4) is 0 Å². The second-order valence-corrected chi connectivity index (χ2v) is 7.97. The van der Waals surface area contributed by atoms with Crippen LogP contribution in [0.4, 0.5) is 0 Å². The zero-order valence-electron chi connectivity index (χ0n) is 13.0. The lowest BCUT2D eigenvalue weighted by Crippen LogP contribution is -2.31. The van der Waals surface area contributed by atoms with Gasteiger partial charge in [-0.05, 0) is 68.7 Å². The molecule has 0 amide bonds. The molecular weight excluding hydrogens is 324 g/mol. The average molecular weight is 351 g/mol. The molecule has 0 spiro atoms. The lowest BCUT2D eigenvalue weighted by atomic mass is 9.88. The van der Waals surface area contributed by atoms with Crippen molar-refractivity contribution in [3.63, 3.8) is 0 Å². The Balaban J connectivity index is 1.45. The minimum absolute atomic E-state index is 0.128. The molecule has 2 fully saturated rings. The second-order valence-electron chi connectivity index (χ2n) is 7.11. The molecule has 21 heavy (non-hydrogen) atoms. The van der Waals surface area contributed by atoms with Crippen LogP contribution < -0.4 is 5.73 Å². The summed E-state index contributed by atoms with van der Waals surface area (Å²) >= 11 is 3.60. The summed E-state index contributed by atoms with van der Waals surface area (Å²) in [7, 11) is 2.26. The molecule has 4 atom stereocenters. The van der Waals surface area contributed by atoms with E-state index in [1.54, 1.807) is 0 Å². The molecule has 2 nitrogen and oxygen atoms in total. The van der Waals surface area contributed by atoms with Crippen LogP contribution >= 0.6 is 15.9 Å². The highest BCUT2D eigenvalue weighted by molar-refractivity contribution is 9.10. The van der Waals surface area contributed by atoms with Gasteiger partial charge in [0.1, 0.15) is 0 Å². The Morgan fingerprint density at radius 2 is 2.10 bits per heavy atom. The van der Waals surface area contributed by atoms with Gasteiger partial charge >= 0.3 is 0 Å². The standard InChI is InChI=1S/C18H27BrN2/c1-21(12-15-11-13-6-7-14(15)10-13)9-8-18(20)16-4-2-3-5-17(16)19/h2-5,13-15,18H,6-12,20H2,1H3. The van der Waals surface area contributed by atoms with Crippen LogP contribution in [0.15, 0.2) is 28.7 Å². The van der Waals surface area contributed by atoms with Crippen LogP contribution in [0.2, 0.25) is 0 Å². The topological polar surface area (TPSA) is 29.3 Å². The summed E-state index contributed by atoms with van der Waals surface area (Å²) < 4.78 is 1.13. The molecule has 1 aromatic carbocycles. The fourth-order valence-corrected chi connectivity index (χ4v) is 4.96. The summed E-state index contributed by atoms with van der Waals surface area (Å²) in [5.74, 6) is 3.03. The van der Waals surface area contributed by atoms with E-state index in [2.05, 4.69) is 46.1 Å². The third-order valence-corrected chi connectivity index (χ3v) is 6.28. The number of fused-ring (bicyclic) bond motifs is 2. The normalized spacial score (nSPS) is 29.2. The van der Waals surface area contributed by atoms with E-state index in [1.807, 2.05) is 6.07 Å². The molecule has 2 N–H and O–H groups in total. The first-order chi connectivity index (χ1) is 10.1. The minimum Gasteiger partial charge on any atom is -0.324 e. The van der Waals surface area contributed by atoms with Gasteiger partial charge in [0.2, 0.25) is 0 Å². The van der Waals surface area contributed by atoms with Gasteiger partial charge in [0.05, 0.1) is 0 Å². The minimum atomic E-state index is 0.128. The van der Waals surface area contributed by atoms with E-state index in [0.29, 0.717) is 0 Å². The van der Waals surface area contributed by atoms with Crippen molar-refractivity contribution < 1.29 is 0 Å². The number of hydrogen-bond donors (Lipinski definition) is 1. The molecule has 1 aromatic rings. The molecule has 3 rings (SSSR count). The van der Waals surface area contributed by atoms with Gasteiger partial charge in [-0.2, -0.15) is 0 Å². The lowest BCUT2D eigenvalue weighted by Gasteiger charge is -2.28. The number of nitrogens with zero attached hydrogens (tertiary/aromatic N) is 1. The quantitative estimate of drug-likeness (QED) is 0.832. The van der Waals surface area contributed by atoms with Gasteiger partial charge in [0, 0.05) is 17.1 Å². The number of halogens is 1. The van der Waals surface area contributed by atoms with Gasteiger partial charge < -0.3 is 10.6 Å². The zero-order chi connectivity index (χ0) is 14.8. The van der Waals surface area contributed by atoms with Crippen molar-refractivity contribution in [2.45, 2.75) is 38.1 Å². The molecule has 2 bridgehead atoms. The Morgan fingerprint density at radius 1 is 1.29 bits per heavy atom. The highest BCUT2D eigenvalue weighted by Crippen LogP contribution is 2.48. The Hall–Kier alpha value is -0.380. The molecule has 2 saturated carbocycles. The van der Waals surface area contributed by atoms with Gasteiger partial charge in [0.25, 0.3) is 0 Å². The summed E-state index contributed by atoms with van der Waals surface area (Å²) in [5.41, 5.74) is 7.58.